The summed E-state index contributed by atoms with van der Waals surface area (Å²) >= 11 is 1.58. The van der Waals surface area contributed by atoms with Crippen molar-refractivity contribution in [1.29, 1.82) is 0 Å². The lowest BCUT2D eigenvalue weighted by Gasteiger charge is -2.40. The monoisotopic (exact) mass is 522 g/mol. The molecule has 2 aliphatic heterocycles. The van der Waals surface area contributed by atoms with Gasteiger partial charge in [0.1, 0.15) is 5.82 Å². The Bertz CT molecular complexity index is 1200. The zero-order chi connectivity index (χ0) is 25.3. The standard InChI is InChI=1S/C29H38N4O3S/c1-29(36)15-20-14-22(29)25-24(20)27(34)33(28(25)35)17-19-7-3-2-6-18(19)16-31-10-12-32(13-11-31)26-21-8-4-5-9-23(21)37-30-26/h4-5,8-9,18-20,22,24-25,36H,2-3,6-7,10-17H2,1H3/t18?,19?,20-,22-,24-,25+,29-/m1/s1. The number of rotatable bonds is 5. The molecule has 2 unspecified atom stereocenters. The second kappa shape index (κ2) is 9.02. The average Bonchev–Trinajstić information content (AvgIpc) is 3.62. The first-order valence-corrected chi connectivity index (χ1v) is 15.1. The lowest BCUT2D eigenvalue weighted by molar-refractivity contribution is -0.142. The number of carbonyl (C=O) groups is 2. The maximum Gasteiger partial charge on any atom is 0.233 e. The summed E-state index contributed by atoms with van der Waals surface area (Å²) in [7, 11) is 0. The summed E-state index contributed by atoms with van der Waals surface area (Å²) in [5, 5.41) is 12.1. The average molecular weight is 523 g/mol. The highest BCUT2D eigenvalue weighted by atomic mass is 32.1. The van der Waals surface area contributed by atoms with Gasteiger partial charge in [-0.3, -0.25) is 19.4 Å². The molecule has 3 aliphatic carbocycles. The Morgan fingerprint density at radius 1 is 1.00 bits per heavy atom. The van der Waals surface area contributed by atoms with Crippen molar-refractivity contribution in [3.05, 3.63) is 24.3 Å². The Morgan fingerprint density at radius 3 is 2.49 bits per heavy atom. The number of hydrogen-bond acceptors (Lipinski definition) is 7. The van der Waals surface area contributed by atoms with E-state index in [1.807, 2.05) is 6.92 Å². The minimum atomic E-state index is -0.794. The number of imide groups is 1. The van der Waals surface area contributed by atoms with E-state index in [0.29, 0.717) is 24.8 Å². The molecule has 3 saturated carbocycles. The maximum atomic E-state index is 13.5. The molecule has 1 aromatic heterocycles. The summed E-state index contributed by atoms with van der Waals surface area (Å²) in [6.45, 7) is 7.53. The number of piperazine rings is 1. The molecule has 0 radical (unpaired) electrons. The van der Waals surface area contributed by atoms with E-state index in [1.165, 1.54) is 29.3 Å². The number of fused-ring (bicyclic) bond motifs is 6. The summed E-state index contributed by atoms with van der Waals surface area (Å²) in [5.41, 5.74) is -0.794. The summed E-state index contributed by atoms with van der Waals surface area (Å²) in [4.78, 5) is 33.5. The van der Waals surface area contributed by atoms with Crippen LogP contribution in [0.15, 0.2) is 24.3 Å². The zero-order valence-corrected chi connectivity index (χ0v) is 22.5. The van der Waals surface area contributed by atoms with Crippen LogP contribution in [0.2, 0.25) is 0 Å². The molecule has 7 rings (SSSR count). The van der Waals surface area contributed by atoms with E-state index in [9.17, 15) is 14.7 Å². The minimum absolute atomic E-state index is 0.0101. The molecule has 7 nitrogen and oxygen atoms in total. The van der Waals surface area contributed by atoms with Gasteiger partial charge < -0.3 is 10.0 Å². The van der Waals surface area contributed by atoms with Gasteiger partial charge in [-0.05, 0) is 74.0 Å². The maximum absolute atomic E-state index is 13.5. The summed E-state index contributed by atoms with van der Waals surface area (Å²) in [6.07, 6.45) is 6.22. The molecule has 3 heterocycles. The number of aliphatic hydroxyl groups is 1. The highest BCUT2D eigenvalue weighted by molar-refractivity contribution is 7.13. The zero-order valence-electron chi connectivity index (χ0n) is 21.7. The molecule has 1 N–H and O–H groups in total. The number of anilines is 1. The van der Waals surface area contributed by atoms with Crippen LogP contribution >= 0.6 is 11.5 Å². The Hall–Kier alpha value is -2.03. The number of amides is 2. The van der Waals surface area contributed by atoms with Crippen LogP contribution in [0.1, 0.15) is 45.4 Å². The lowest BCUT2D eigenvalue weighted by Crippen LogP contribution is -2.49. The quantitative estimate of drug-likeness (QED) is 0.605. The fourth-order valence-corrected chi connectivity index (χ4v) is 9.40. The third-order valence-corrected chi connectivity index (χ3v) is 11.3. The summed E-state index contributed by atoms with van der Waals surface area (Å²) < 4.78 is 6.00. The van der Waals surface area contributed by atoms with Crippen molar-refractivity contribution in [2.45, 2.75) is 51.0 Å². The Kier molecular flexibility index (Phi) is 5.86. The predicted molar refractivity (Wildman–Crippen MR) is 144 cm³/mol. The highest BCUT2D eigenvalue weighted by Crippen LogP contribution is 2.60. The van der Waals surface area contributed by atoms with Crippen LogP contribution in [0.5, 0.6) is 0 Å². The van der Waals surface area contributed by atoms with Crippen molar-refractivity contribution in [3.63, 3.8) is 0 Å². The third kappa shape index (κ3) is 3.93. The molecule has 198 valence electrons. The first-order chi connectivity index (χ1) is 17.9. The Balaban J connectivity index is 0.991. The minimum Gasteiger partial charge on any atom is -0.390 e. The molecule has 2 bridgehead atoms. The molecule has 7 atom stereocenters. The predicted octanol–water partition coefficient (Wildman–Crippen LogP) is 3.62. The highest BCUT2D eigenvalue weighted by Gasteiger charge is 2.67. The molecule has 2 saturated heterocycles. The van der Waals surface area contributed by atoms with Crippen molar-refractivity contribution in [3.8, 4) is 0 Å². The molecule has 0 spiro atoms. The second-order valence-corrected chi connectivity index (χ2v) is 13.4. The first kappa shape index (κ1) is 24.0. The van der Waals surface area contributed by atoms with Gasteiger partial charge in [0, 0.05) is 50.6 Å². The largest absolute Gasteiger partial charge is 0.390 e. The number of likely N-dealkylation sites (tertiary alicyclic amines) is 1. The Labute approximate surface area is 223 Å². The molecule has 8 heteroatoms. The van der Waals surface area contributed by atoms with Crippen LogP contribution in [0.25, 0.3) is 10.1 Å². The summed E-state index contributed by atoms with van der Waals surface area (Å²) in [6, 6.07) is 8.49. The van der Waals surface area contributed by atoms with Gasteiger partial charge in [0.25, 0.3) is 0 Å². The number of aromatic nitrogens is 1. The van der Waals surface area contributed by atoms with E-state index in [1.54, 1.807) is 16.4 Å². The van der Waals surface area contributed by atoms with E-state index < -0.39 is 5.60 Å². The van der Waals surface area contributed by atoms with E-state index in [-0.39, 0.29) is 35.5 Å². The molecule has 5 aliphatic rings. The van der Waals surface area contributed by atoms with Crippen molar-refractivity contribution in [1.82, 2.24) is 14.2 Å². The topological polar surface area (TPSA) is 77.0 Å². The normalized spacial score (nSPS) is 38.2. The molecular formula is C29H38N4O3S. The van der Waals surface area contributed by atoms with Gasteiger partial charge in [-0.25, -0.2) is 0 Å². The van der Waals surface area contributed by atoms with Crippen molar-refractivity contribution < 1.29 is 14.7 Å². The van der Waals surface area contributed by atoms with Crippen molar-refractivity contribution in [2.24, 2.45) is 35.5 Å². The SMILES string of the molecule is C[C@@]1(O)C[C@H]2C[C@@H]1[C@@H]1C(=O)N(CC3CCCCC3CN3CCN(c4nsc5ccccc45)CC3)C(=O)[C@H]21. The Morgan fingerprint density at radius 2 is 1.70 bits per heavy atom. The van der Waals surface area contributed by atoms with E-state index in [4.69, 9.17) is 4.37 Å². The molecular weight excluding hydrogens is 484 g/mol. The van der Waals surface area contributed by atoms with Crippen molar-refractivity contribution in [2.75, 3.05) is 44.2 Å². The number of nitrogens with zero attached hydrogens (tertiary/aromatic N) is 4. The van der Waals surface area contributed by atoms with Gasteiger partial charge in [-0.1, -0.05) is 25.0 Å². The number of benzene rings is 1. The van der Waals surface area contributed by atoms with E-state index in [0.717, 1.165) is 51.4 Å². The van der Waals surface area contributed by atoms with Crippen LogP contribution in [0, 0.1) is 35.5 Å². The molecule has 2 amide bonds. The fourth-order valence-electron chi connectivity index (χ4n) is 8.60. The van der Waals surface area contributed by atoms with Gasteiger partial charge in [-0.15, -0.1) is 0 Å². The molecule has 2 aromatic rings. The molecule has 1 aromatic carbocycles. The first-order valence-electron chi connectivity index (χ1n) is 14.3. The van der Waals surface area contributed by atoms with Crippen LogP contribution < -0.4 is 4.90 Å². The third-order valence-electron chi connectivity index (χ3n) is 10.5. The van der Waals surface area contributed by atoms with Gasteiger partial charge in [-0.2, -0.15) is 4.37 Å². The van der Waals surface area contributed by atoms with Crippen LogP contribution in [0.3, 0.4) is 0 Å². The smallest absolute Gasteiger partial charge is 0.233 e. The number of carbonyl (C=O) groups excluding carboxylic acids is 2. The van der Waals surface area contributed by atoms with E-state index in [2.05, 4.69) is 34.1 Å². The molecule has 37 heavy (non-hydrogen) atoms. The van der Waals surface area contributed by atoms with Gasteiger partial charge in [0.05, 0.1) is 22.1 Å². The van der Waals surface area contributed by atoms with Gasteiger partial charge in [0.15, 0.2) is 0 Å². The van der Waals surface area contributed by atoms with E-state index >= 15 is 0 Å². The van der Waals surface area contributed by atoms with Crippen LogP contribution in [-0.2, 0) is 9.59 Å². The van der Waals surface area contributed by atoms with Crippen molar-refractivity contribution >= 4 is 39.3 Å². The van der Waals surface area contributed by atoms with Crippen LogP contribution in [-0.4, -0.2) is 76.0 Å². The van der Waals surface area contributed by atoms with Crippen LogP contribution in [0.4, 0.5) is 5.82 Å². The van der Waals surface area contributed by atoms with Gasteiger partial charge in [0.2, 0.25) is 11.8 Å². The fraction of sp³-hybridized carbons (Fsp3) is 0.690. The van der Waals surface area contributed by atoms with Gasteiger partial charge >= 0.3 is 0 Å². The second-order valence-electron chi connectivity index (χ2n) is 12.6. The lowest BCUT2D eigenvalue weighted by atomic mass is 9.73. The number of hydrogen-bond donors (Lipinski definition) is 1. The summed E-state index contributed by atoms with van der Waals surface area (Å²) in [5.74, 6) is 1.80. The molecule has 5 fully saturated rings.